The fourth-order valence-corrected chi connectivity index (χ4v) is 4.49. The van der Waals surface area contributed by atoms with Gasteiger partial charge in [0.15, 0.2) is 17.0 Å². The highest BCUT2D eigenvalue weighted by Crippen LogP contribution is 2.40. The Balaban J connectivity index is 1.53. The molecule has 1 fully saturated rings. The Kier molecular flexibility index (Phi) is 4.54. The van der Waals surface area contributed by atoms with Crippen LogP contribution in [0.15, 0.2) is 58.1 Å². The SMILES string of the molecule is Cn1c(=O)c2c(nc(C3CC3)n2Cc2ccc(-c3ccccc3)c(-c3nnn[nH]3)c2)n(C)c1=O. The van der Waals surface area contributed by atoms with E-state index in [1.165, 1.54) is 11.6 Å². The Labute approximate surface area is 193 Å². The van der Waals surface area contributed by atoms with Crippen molar-refractivity contribution in [2.45, 2.75) is 25.3 Å². The van der Waals surface area contributed by atoms with Gasteiger partial charge in [0.1, 0.15) is 5.82 Å². The molecule has 10 heteroatoms. The van der Waals surface area contributed by atoms with Crippen LogP contribution in [0.5, 0.6) is 0 Å². The van der Waals surface area contributed by atoms with Gasteiger partial charge in [-0.05, 0) is 46.0 Å². The summed E-state index contributed by atoms with van der Waals surface area (Å²) in [6.07, 6.45) is 2.05. The molecule has 0 bridgehead atoms. The van der Waals surface area contributed by atoms with Gasteiger partial charge in [-0.25, -0.2) is 14.9 Å². The maximum absolute atomic E-state index is 13.1. The molecule has 5 aromatic rings. The van der Waals surface area contributed by atoms with Crippen molar-refractivity contribution in [1.82, 2.24) is 39.3 Å². The average Bonchev–Trinajstić information content (AvgIpc) is 3.42. The Morgan fingerprint density at radius 3 is 2.50 bits per heavy atom. The number of rotatable bonds is 5. The summed E-state index contributed by atoms with van der Waals surface area (Å²) in [5.74, 6) is 1.72. The van der Waals surface area contributed by atoms with Gasteiger partial charge in [0, 0.05) is 32.1 Å². The van der Waals surface area contributed by atoms with Crippen molar-refractivity contribution in [2.75, 3.05) is 0 Å². The van der Waals surface area contributed by atoms with E-state index in [1.807, 2.05) is 53.1 Å². The molecular formula is C24H22N8O2. The minimum atomic E-state index is -0.378. The van der Waals surface area contributed by atoms with E-state index in [2.05, 4.69) is 20.6 Å². The van der Waals surface area contributed by atoms with Crippen molar-refractivity contribution in [3.05, 3.63) is 80.8 Å². The average molecular weight is 454 g/mol. The molecular weight excluding hydrogens is 432 g/mol. The van der Waals surface area contributed by atoms with E-state index in [-0.39, 0.29) is 11.2 Å². The van der Waals surface area contributed by atoms with Crippen molar-refractivity contribution >= 4 is 11.2 Å². The lowest BCUT2D eigenvalue weighted by Gasteiger charge is -2.13. The van der Waals surface area contributed by atoms with Crippen LogP contribution in [0.4, 0.5) is 0 Å². The van der Waals surface area contributed by atoms with Crippen LogP contribution >= 0.6 is 0 Å². The van der Waals surface area contributed by atoms with E-state index >= 15 is 0 Å². The first-order chi connectivity index (χ1) is 16.5. The summed E-state index contributed by atoms with van der Waals surface area (Å²) < 4.78 is 4.55. The summed E-state index contributed by atoms with van der Waals surface area (Å²) in [4.78, 5) is 30.3. The third-order valence-electron chi connectivity index (χ3n) is 6.43. The Bertz CT molecular complexity index is 1640. The predicted molar refractivity (Wildman–Crippen MR) is 126 cm³/mol. The third kappa shape index (κ3) is 3.18. The molecule has 1 saturated carbocycles. The molecule has 3 heterocycles. The minimum absolute atomic E-state index is 0.300. The van der Waals surface area contributed by atoms with Gasteiger partial charge in [-0.2, -0.15) is 0 Å². The summed E-state index contributed by atoms with van der Waals surface area (Å²) in [6, 6.07) is 16.2. The molecule has 170 valence electrons. The summed E-state index contributed by atoms with van der Waals surface area (Å²) in [5.41, 5.74) is 4.05. The van der Waals surface area contributed by atoms with Crippen LogP contribution in [0.1, 0.15) is 30.1 Å². The Morgan fingerprint density at radius 1 is 1.00 bits per heavy atom. The summed E-state index contributed by atoms with van der Waals surface area (Å²) in [5, 5.41) is 14.5. The van der Waals surface area contributed by atoms with E-state index in [0.29, 0.717) is 29.5 Å². The first-order valence-corrected chi connectivity index (χ1v) is 11.1. The molecule has 1 aliphatic carbocycles. The van der Waals surface area contributed by atoms with Crippen LogP contribution in [0.3, 0.4) is 0 Å². The van der Waals surface area contributed by atoms with Crippen LogP contribution < -0.4 is 11.2 Å². The van der Waals surface area contributed by atoms with Crippen LogP contribution in [0.25, 0.3) is 33.7 Å². The normalized spacial score (nSPS) is 13.6. The number of aromatic amines is 1. The van der Waals surface area contributed by atoms with Crippen LogP contribution in [-0.4, -0.2) is 39.3 Å². The number of nitrogens with zero attached hydrogens (tertiary/aromatic N) is 7. The molecule has 0 atom stereocenters. The molecule has 3 aromatic heterocycles. The van der Waals surface area contributed by atoms with Crippen LogP contribution in [-0.2, 0) is 20.6 Å². The number of H-pyrrole nitrogens is 1. The second kappa shape index (κ2) is 7.62. The Morgan fingerprint density at radius 2 is 1.79 bits per heavy atom. The van der Waals surface area contributed by atoms with Crippen LogP contribution in [0, 0.1) is 0 Å². The minimum Gasteiger partial charge on any atom is -0.317 e. The molecule has 0 amide bonds. The zero-order valence-electron chi connectivity index (χ0n) is 18.8. The molecule has 0 unspecified atom stereocenters. The number of imidazole rings is 1. The number of tetrazole rings is 1. The predicted octanol–water partition coefficient (Wildman–Crippen LogP) is 2.21. The molecule has 34 heavy (non-hydrogen) atoms. The number of nitrogens with one attached hydrogen (secondary N) is 1. The number of benzene rings is 2. The number of aromatic nitrogens is 8. The number of hydrogen-bond acceptors (Lipinski definition) is 6. The molecule has 6 rings (SSSR count). The highest BCUT2D eigenvalue weighted by atomic mass is 16.2. The molecule has 2 aromatic carbocycles. The van der Waals surface area contributed by atoms with Gasteiger partial charge in [-0.15, -0.1) is 5.10 Å². The molecule has 0 spiro atoms. The van der Waals surface area contributed by atoms with E-state index in [4.69, 9.17) is 4.98 Å². The van der Waals surface area contributed by atoms with Gasteiger partial charge in [-0.1, -0.05) is 42.5 Å². The highest BCUT2D eigenvalue weighted by Gasteiger charge is 2.31. The topological polar surface area (TPSA) is 116 Å². The lowest BCUT2D eigenvalue weighted by atomic mass is 9.97. The van der Waals surface area contributed by atoms with Crippen molar-refractivity contribution in [3.8, 4) is 22.5 Å². The van der Waals surface area contributed by atoms with E-state index in [9.17, 15) is 9.59 Å². The molecule has 0 radical (unpaired) electrons. The monoisotopic (exact) mass is 454 g/mol. The van der Waals surface area contributed by atoms with E-state index in [1.54, 1.807) is 7.05 Å². The van der Waals surface area contributed by atoms with Crippen molar-refractivity contribution in [3.63, 3.8) is 0 Å². The van der Waals surface area contributed by atoms with Gasteiger partial charge in [0.25, 0.3) is 5.56 Å². The smallest absolute Gasteiger partial charge is 0.317 e. The molecule has 1 N–H and O–H groups in total. The van der Waals surface area contributed by atoms with Crippen molar-refractivity contribution in [2.24, 2.45) is 14.1 Å². The van der Waals surface area contributed by atoms with Gasteiger partial charge in [0.05, 0.1) is 0 Å². The van der Waals surface area contributed by atoms with Gasteiger partial charge in [-0.3, -0.25) is 13.9 Å². The Hall–Kier alpha value is -4.34. The third-order valence-corrected chi connectivity index (χ3v) is 6.43. The summed E-state index contributed by atoms with van der Waals surface area (Å²) in [6.45, 7) is 0.444. The van der Waals surface area contributed by atoms with E-state index < -0.39 is 0 Å². The number of hydrogen-bond donors (Lipinski definition) is 1. The maximum Gasteiger partial charge on any atom is 0.332 e. The molecule has 0 saturated heterocycles. The quantitative estimate of drug-likeness (QED) is 0.435. The van der Waals surface area contributed by atoms with Gasteiger partial charge < -0.3 is 4.57 Å². The number of aryl methyl sites for hydroxylation is 1. The molecule has 10 nitrogen and oxygen atoms in total. The fourth-order valence-electron chi connectivity index (χ4n) is 4.49. The summed E-state index contributed by atoms with van der Waals surface area (Å²) in [7, 11) is 3.16. The lowest BCUT2D eigenvalue weighted by molar-refractivity contribution is 0.699. The summed E-state index contributed by atoms with van der Waals surface area (Å²) >= 11 is 0. The highest BCUT2D eigenvalue weighted by molar-refractivity contribution is 5.81. The standard InChI is InChI=1S/C24H22N8O2/c1-30-22-19(23(33)31(2)24(30)34)32(21(25-22)16-9-10-16)13-14-8-11-17(15-6-4-3-5-7-15)18(12-14)20-26-28-29-27-20/h3-8,11-12,16H,9-10,13H2,1-2H3,(H,26,27,28,29). The second-order valence-electron chi connectivity index (χ2n) is 8.70. The first kappa shape index (κ1) is 20.3. The first-order valence-electron chi connectivity index (χ1n) is 11.1. The lowest BCUT2D eigenvalue weighted by Crippen LogP contribution is -2.37. The second-order valence-corrected chi connectivity index (χ2v) is 8.70. The number of fused-ring (bicyclic) bond motifs is 1. The fraction of sp³-hybridized carbons (Fsp3) is 0.250. The zero-order chi connectivity index (χ0) is 23.4. The van der Waals surface area contributed by atoms with Crippen LogP contribution in [0.2, 0.25) is 0 Å². The van der Waals surface area contributed by atoms with Crippen molar-refractivity contribution < 1.29 is 0 Å². The maximum atomic E-state index is 13.1. The largest absolute Gasteiger partial charge is 0.332 e. The molecule has 0 aliphatic heterocycles. The van der Waals surface area contributed by atoms with Gasteiger partial charge in [0.2, 0.25) is 0 Å². The zero-order valence-corrected chi connectivity index (χ0v) is 18.8. The van der Waals surface area contributed by atoms with E-state index in [0.717, 1.165) is 45.5 Å². The molecule has 1 aliphatic rings. The van der Waals surface area contributed by atoms with Crippen molar-refractivity contribution in [1.29, 1.82) is 0 Å². The van der Waals surface area contributed by atoms with Gasteiger partial charge >= 0.3 is 5.69 Å².